The number of alkyl halides is 1. The third-order valence-electron chi connectivity index (χ3n) is 4.86. The van der Waals surface area contributed by atoms with Gasteiger partial charge in [0, 0.05) is 18.7 Å². The van der Waals surface area contributed by atoms with Crippen LogP contribution in [0.25, 0.3) is 0 Å². The number of halogens is 1. The number of allylic oxidation sites excluding steroid dienone is 4. The zero-order valence-electron chi connectivity index (χ0n) is 16.0. The fourth-order valence-corrected chi connectivity index (χ4v) is 4.03. The molecule has 0 radical (unpaired) electrons. The van der Waals surface area contributed by atoms with E-state index in [1.807, 2.05) is 11.9 Å². The molecule has 3 rings (SSSR count). The predicted octanol–water partition coefficient (Wildman–Crippen LogP) is -0.0609. The first-order valence-electron chi connectivity index (χ1n) is 9.25. The number of nitrogens with two attached hydrogens (primary N) is 1. The Labute approximate surface area is 172 Å². The van der Waals surface area contributed by atoms with Crippen LogP contribution in [0.1, 0.15) is 13.3 Å². The lowest BCUT2D eigenvalue weighted by Crippen LogP contribution is -2.43. The number of hydrazone groups is 1. The van der Waals surface area contributed by atoms with E-state index in [1.54, 1.807) is 23.4 Å². The number of hydrogen-bond donors (Lipinski definition) is 3. The average Bonchev–Trinajstić information content (AvgIpc) is 3.12. The van der Waals surface area contributed by atoms with Crippen molar-refractivity contribution >= 4 is 30.1 Å². The Hall–Kier alpha value is -2.31. The summed E-state index contributed by atoms with van der Waals surface area (Å²) in [5, 5.41) is 15.3. The molecule has 29 heavy (non-hydrogen) atoms. The Bertz CT molecular complexity index is 733. The van der Waals surface area contributed by atoms with Crippen LogP contribution in [0.5, 0.6) is 0 Å². The maximum atomic E-state index is 14.8. The van der Waals surface area contributed by atoms with Crippen molar-refractivity contribution in [2.45, 2.75) is 31.0 Å². The molecule has 3 aliphatic rings. The van der Waals surface area contributed by atoms with E-state index in [0.29, 0.717) is 24.5 Å². The van der Waals surface area contributed by atoms with Crippen LogP contribution in [-0.2, 0) is 9.53 Å². The van der Waals surface area contributed by atoms with Crippen LogP contribution >= 0.6 is 11.8 Å². The number of aliphatic hydroxyl groups excluding tert-OH is 1. The summed E-state index contributed by atoms with van der Waals surface area (Å²) in [5.74, 6) is 5.05. The number of nitrogens with zero attached hydrogens (tertiary/aromatic N) is 4. The molecule has 10 nitrogen and oxygen atoms in total. The van der Waals surface area contributed by atoms with Crippen molar-refractivity contribution < 1.29 is 23.8 Å². The first-order valence-corrected chi connectivity index (χ1v) is 10.3. The lowest BCUT2D eigenvalue weighted by molar-refractivity contribution is -0.118. The molecule has 160 valence electrons. The Morgan fingerprint density at radius 1 is 1.52 bits per heavy atom. The first-order chi connectivity index (χ1) is 13.9. The smallest absolute Gasteiger partial charge is 0.414 e. The molecule has 0 bridgehead atoms. The minimum Gasteiger partial charge on any atom is -0.441 e. The molecule has 2 aliphatic heterocycles. The average molecular weight is 428 g/mol. The number of carbonyl (C=O) groups is 2. The van der Waals surface area contributed by atoms with Crippen molar-refractivity contribution in [1.29, 1.82) is 0 Å². The Kier molecular flexibility index (Phi) is 6.98. The maximum Gasteiger partial charge on any atom is 0.414 e. The van der Waals surface area contributed by atoms with E-state index in [-0.39, 0.29) is 36.6 Å². The highest BCUT2D eigenvalue weighted by atomic mass is 32.2. The van der Waals surface area contributed by atoms with Gasteiger partial charge >= 0.3 is 6.09 Å². The molecule has 12 heteroatoms. The van der Waals surface area contributed by atoms with Gasteiger partial charge in [-0.25, -0.2) is 15.0 Å². The molecule has 1 saturated heterocycles. The summed E-state index contributed by atoms with van der Waals surface area (Å²) in [4.78, 5) is 26.2. The first kappa shape index (κ1) is 21.4. The number of amides is 2. The summed E-state index contributed by atoms with van der Waals surface area (Å²) in [6, 6.07) is 0. The van der Waals surface area contributed by atoms with Gasteiger partial charge in [-0.15, -0.1) is 11.8 Å². The van der Waals surface area contributed by atoms with Gasteiger partial charge in [0.1, 0.15) is 18.6 Å². The Morgan fingerprint density at radius 3 is 2.90 bits per heavy atom. The summed E-state index contributed by atoms with van der Waals surface area (Å²) >= 11 is 1.41. The van der Waals surface area contributed by atoms with Gasteiger partial charge in [-0.05, 0) is 19.1 Å². The van der Waals surface area contributed by atoms with Crippen molar-refractivity contribution in [3.63, 3.8) is 0 Å². The van der Waals surface area contributed by atoms with Gasteiger partial charge in [0.2, 0.25) is 5.91 Å². The van der Waals surface area contributed by atoms with Gasteiger partial charge in [0.15, 0.2) is 0 Å². The molecule has 0 aromatic heterocycles. The molecule has 1 fully saturated rings. The van der Waals surface area contributed by atoms with Crippen molar-refractivity contribution in [3.8, 4) is 0 Å². The fourth-order valence-electron chi connectivity index (χ4n) is 3.22. The quantitative estimate of drug-likeness (QED) is 0.293. The minimum atomic E-state index is -1.28. The summed E-state index contributed by atoms with van der Waals surface area (Å²) in [6.45, 7) is 3.01. The van der Waals surface area contributed by atoms with E-state index in [9.17, 15) is 14.0 Å². The number of carbonyl (C=O) groups excluding carboxylic acids is 2. The number of rotatable bonds is 7. The van der Waals surface area contributed by atoms with Crippen LogP contribution in [0, 0.1) is 0 Å². The highest BCUT2D eigenvalue weighted by Gasteiger charge is 2.36. The van der Waals surface area contributed by atoms with Crippen LogP contribution < -0.4 is 11.3 Å². The topological polar surface area (TPSA) is 124 Å². The van der Waals surface area contributed by atoms with Crippen molar-refractivity contribution in [1.82, 2.24) is 20.2 Å². The van der Waals surface area contributed by atoms with Crippen LogP contribution in [0.2, 0.25) is 0 Å². The summed E-state index contributed by atoms with van der Waals surface area (Å²) < 4.78 is 19.8. The second-order valence-electron chi connectivity index (χ2n) is 6.79. The van der Waals surface area contributed by atoms with Crippen molar-refractivity contribution in [3.05, 3.63) is 23.5 Å². The van der Waals surface area contributed by atoms with Crippen LogP contribution in [0.3, 0.4) is 0 Å². The summed E-state index contributed by atoms with van der Waals surface area (Å²) in [7, 11) is 0. The monoisotopic (exact) mass is 428 g/mol. The second-order valence-corrected chi connectivity index (χ2v) is 8.09. The molecule has 0 spiro atoms. The molecule has 2 unspecified atom stereocenters. The number of ether oxygens (including phenoxy) is 1. The highest BCUT2D eigenvalue weighted by Crippen LogP contribution is 2.30. The fraction of sp³-hybridized carbons (Fsp3) is 0.588. The third kappa shape index (κ3) is 5.00. The SMILES string of the molecule is CC(SCC(=O)NN)N1CCN(C2=CC=C(N3C[C@H](CO)OC3=O)CC2F)C=N1. The zero-order valence-corrected chi connectivity index (χ0v) is 16.8. The number of hydrogen-bond acceptors (Lipinski definition) is 9. The van der Waals surface area contributed by atoms with Crippen molar-refractivity contribution in [2.24, 2.45) is 10.9 Å². The van der Waals surface area contributed by atoms with Gasteiger partial charge in [0.25, 0.3) is 0 Å². The van der Waals surface area contributed by atoms with E-state index in [2.05, 4.69) is 10.5 Å². The van der Waals surface area contributed by atoms with E-state index in [1.165, 1.54) is 16.7 Å². The highest BCUT2D eigenvalue weighted by molar-refractivity contribution is 8.00. The Morgan fingerprint density at radius 2 is 2.31 bits per heavy atom. The summed E-state index contributed by atoms with van der Waals surface area (Å²) in [5.41, 5.74) is 3.09. The van der Waals surface area contributed by atoms with Gasteiger partial charge < -0.3 is 14.7 Å². The van der Waals surface area contributed by atoms with E-state index < -0.39 is 18.4 Å². The van der Waals surface area contributed by atoms with E-state index in [4.69, 9.17) is 15.7 Å². The molecule has 0 aromatic carbocycles. The molecule has 2 amide bonds. The Balaban J connectivity index is 1.60. The van der Waals surface area contributed by atoms with Crippen LogP contribution in [0.4, 0.5) is 9.18 Å². The lowest BCUT2D eigenvalue weighted by atomic mass is 10.0. The van der Waals surface area contributed by atoms with Gasteiger partial charge in [-0.3, -0.25) is 20.1 Å². The molecule has 3 atom stereocenters. The van der Waals surface area contributed by atoms with Gasteiger partial charge in [-0.1, -0.05) is 0 Å². The molecular weight excluding hydrogens is 403 g/mol. The molecular formula is C17H25FN6O4S. The molecule has 0 aromatic rings. The molecule has 2 heterocycles. The van der Waals surface area contributed by atoms with Gasteiger partial charge in [0.05, 0.1) is 36.5 Å². The normalized spacial score (nSPS) is 25.5. The predicted molar refractivity (Wildman–Crippen MR) is 106 cm³/mol. The van der Waals surface area contributed by atoms with Crippen LogP contribution in [-0.4, -0.2) is 87.9 Å². The standard InChI is InChI=1S/C17H25FN6O4S/c1-11(29-9-16(26)21-19)24-5-4-22(10-20-24)15-3-2-12(6-14(15)18)23-7-13(8-25)28-17(23)27/h2-3,10-11,13-14,25H,4-9,19H2,1H3,(H,21,26)/t11?,13-,14?/m1/s1. The number of aliphatic hydroxyl groups is 1. The number of cyclic esters (lactones) is 1. The molecule has 4 N–H and O–H groups in total. The minimum absolute atomic E-state index is 0.0284. The molecule has 1 aliphatic carbocycles. The summed E-state index contributed by atoms with van der Waals surface area (Å²) in [6.07, 6.45) is 2.55. The van der Waals surface area contributed by atoms with Gasteiger partial charge in [-0.2, -0.15) is 5.10 Å². The van der Waals surface area contributed by atoms with Crippen molar-refractivity contribution in [2.75, 3.05) is 32.0 Å². The largest absolute Gasteiger partial charge is 0.441 e. The number of nitrogens with one attached hydrogen (secondary N) is 1. The third-order valence-corrected chi connectivity index (χ3v) is 6.01. The molecule has 0 saturated carbocycles. The van der Waals surface area contributed by atoms with E-state index in [0.717, 1.165) is 0 Å². The zero-order chi connectivity index (χ0) is 21.0. The lowest BCUT2D eigenvalue weighted by Gasteiger charge is -2.36. The number of thioether (sulfide) groups is 1. The second kappa shape index (κ2) is 9.46. The maximum absolute atomic E-state index is 14.8. The number of hydrazine groups is 1. The van der Waals surface area contributed by atoms with Crippen LogP contribution in [0.15, 0.2) is 28.6 Å². The van der Waals surface area contributed by atoms with E-state index >= 15 is 0 Å².